The molecule has 120 valence electrons. The highest BCUT2D eigenvalue weighted by Crippen LogP contribution is 2.48. The molecule has 3 rings (SSSR count). The second-order valence-electron chi connectivity index (χ2n) is 6.54. The minimum absolute atomic E-state index is 0.0354. The van der Waals surface area contributed by atoms with Crippen molar-refractivity contribution in [1.82, 2.24) is 5.32 Å². The Kier molecular flexibility index (Phi) is 4.71. The molecule has 0 saturated heterocycles. The molecule has 5 unspecified atom stereocenters. The lowest BCUT2D eigenvalue weighted by atomic mass is 9.85. The average molecular weight is 324 g/mol. The predicted molar refractivity (Wildman–Crippen MR) is 84.4 cm³/mol. The summed E-state index contributed by atoms with van der Waals surface area (Å²) in [4.78, 5) is 12.2. The first-order chi connectivity index (χ1) is 10.6. The van der Waals surface area contributed by atoms with Crippen molar-refractivity contribution in [3.8, 4) is 0 Å². The second kappa shape index (κ2) is 6.57. The molecular formula is C17H22ClNO3. The van der Waals surface area contributed by atoms with E-state index in [1.165, 1.54) is 0 Å². The van der Waals surface area contributed by atoms with Crippen molar-refractivity contribution >= 4 is 17.5 Å². The number of halogens is 1. The van der Waals surface area contributed by atoms with Crippen molar-refractivity contribution < 1.29 is 15.0 Å². The minimum Gasteiger partial charge on any atom is -0.396 e. The maximum atomic E-state index is 12.2. The van der Waals surface area contributed by atoms with Gasteiger partial charge in [0.25, 0.3) is 0 Å². The number of rotatable bonds is 5. The fourth-order valence-electron chi connectivity index (χ4n) is 4.12. The maximum Gasteiger partial charge on any atom is 0.223 e. The lowest BCUT2D eigenvalue weighted by Crippen LogP contribution is -2.45. The number of hydrogen-bond donors (Lipinski definition) is 3. The molecule has 22 heavy (non-hydrogen) atoms. The lowest BCUT2D eigenvalue weighted by molar-refractivity contribution is -0.124. The minimum atomic E-state index is -0.830. The highest BCUT2D eigenvalue weighted by Gasteiger charge is 2.47. The summed E-state index contributed by atoms with van der Waals surface area (Å²) >= 11 is 5.82. The van der Waals surface area contributed by atoms with Crippen molar-refractivity contribution in [3.63, 3.8) is 0 Å². The average Bonchev–Trinajstić information content (AvgIpc) is 3.08. The predicted octanol–water partition coefficient (Wildman–Crippen LogP) is 2.29. The van der Waals surface area contributed by atoms with Crippen LogP contribution in [0.15, 0.2) is 24.3 Å². The van der Waals surface area contributed by atoms with Gasteiger partial charge in [0, 0.05) is 23.6 Å². The first kappa shape index (κ1) is 15.8. The summed E-state index contributed by atoms with van der Waals surface area (Å²) in [6, 6.07) is 6.93. The molecule has 4 nitrogen and oxygen atoms in total. The van der Waals surface area contributed by atoms with Gasteiger partial charge in [0.15, 0.2) is 0 Å². The van der Waals surface area contributed by atoms with Crippen LogP contribution in [0.1, 0.15) is 37.4 Å². The zero-order valence-electron chi connectivity index (χ0n) is 12.4. The van der Waals surface area contributed by atoms with E-state index in [2.05, 4.69) is 5.32 Å². The summed E-state index contributed by atoms with van der Waals surface area (Å²) < 4.78 is 0. The first-order valence-corrected chi connectivity index (χ1v) is 8.30. The molecule has 0 spiro atoms. The second-order valence-corrected chi connectivity index (χ2v) is 6.98. The van der Waals surface area contributed by atoms with Gasteiger partial charge >= 0.3 is 0 Å². The molecule has 1 aromatic carbocycles. The number of carbonyl (C=O) groups is 1. The summed E-state index contributed by atoms with van der Waals surface area (Å²) in [6.45, 7) is 0.131. The Labute approximate surface area is 135 Å². The molecule has 0 aliphatic heterocycles. The van der Waals surface area contributed by atoms with Gasteiger partial charge in [0.05, 0.1) is 12.5 Å². The topological polar surface area (TPSA) is 69.6 Å². The number of amides is 1. The highest BCUT2D eigenvalue weighted by atomic mass is 35.5. The van der Waals surface area contributed by atoms with Gasteiger partial charge in [-0.15, -0.1) is 0 Å². The Bertz CT molecular complexity index is 533. The lowest BCUT2D eigenvalue weighted by Gasteiger charge is -2.30. The van der Waals surface area contributed by atoms with Gasteiger partial charge in [0.1, 0.15) is 0 Å². The van der Waals surface area contributed by atoms with E-state index in [0.717, 1.165) is 19.3 Å². The molecule has 2 saturated carbocycles. The zero-order valence-corrected chi connectivity index (χ0v) is 13.2. The number of benzene rings is 1. The van der Waals surface area contributed by atoms with Crippen molar-refractivity contribution in [2.45, 2.75) is 37.8 Å². The molecular weight excluding hydrogens is 302 g/mol. The van der Waals surface area contributed by atoms with Crippen LogP contribution >= 0.6 is 11.6 Å². The summed E-state index contributed by atoms with van der Waals surface area (Å²) in [7, 11) is 0. The van der Waals surface area contributed by atoms with Crippen molar-refractivity contribution in [2.75, 3.05) is 6.61 Å². The molecule has 1 aromatic rings. The SMILES string of the molecule is O=C(CC(O)c1ccc(Cl)cc1)NC1C2CCC(C2)C1CO. The van der Waals surface area contributed by atoms with E-state index >= 15 is 0 Å². The molecule has 5 heteroatoms. The summed E-state index contributed by atoms with van der Waals surface area (Å²) in [5.74, 6) is 1.05. The van der Waals surface area contributed by atoms with E-state index in [4.69, 9.17) is 11.6 Å². The Morgan fingerprint density at radius 3 is 2.64 bits per heavy atom. The smallest absolute Gasteiger partial charge is 0.223 e. The van der Waals surface area contributed by atoms with E-state index < -0.39 is 6.10 Å². The third kappa shape index (κ3) is 3.14. The van der Waals surface area contributed by atoms with Gasteiger partial charge in [-0.1, -0.05) is 23.7 Å². The Morgan fingerprint density at radius 1 is 1.27 bits per heavy atom. The van der Waals surface area contributed by atoms with Gasteiger partial charge in [-0.25, -0.2) is 0 Å². The van der Waals surface area contributed by atoms with Crippen LogP contribution in [0.5, 0.6) is 0 Å². The van der Waals surface area contributed by atoms with Crippen molar-refractivity contribution in [3.05, 3.63) is 34.9 Å². The molecule has 0 heterocycles. The van der Waals surface area contributed by atoms with Gasteiger partial charge in [-0.2, -0.15) is 0 Å². The number of hydrogen-bond acceptors (Lipinski definition) is 3. The zero-order chi connectivity index (χ0) is 15.7. The first-order valence-electron chi connectivity index (χ1n) is 7.92. The molecule has 2 aliphatic carbocycles. The van der Waals surface area contributed by atoms with Crippen LogP contribution in [0.25, 0.3) is 0 Å². The standard InChI is InChI=1S/C17H22ClNO3/c18-13-5-3-10(4-6-13)15(21)8-16(22)19-17-12-2-1-11(7-12)14(17)9-20/h3-6,11-12,14-15,17,20-21H,1-2,7-9H2,(H,19,22). The molecule has 5 atom stereocenters. The van der Waals surface area contributed by atoms with Crippen LogP contribution in [0.3, 0.4) is 0 Å². The van der Waals surface area contributed by atoms with E-state index in [9.17, 15) is 15.0 Å². The summed E-state index contributed by atoms with van der Waals surface area (Å²) in [5, 5.41) is 23.3. The summed E-state index contributed by atoms with van der Waals surface area (Å²) in [6.07, 6.45) is 2.61. The van der Waals surface area contributed by atoms with Crippen LogP contribution in [0.4, 0.5) is 0 Å². The van der Waals surface area contributed by atoms with Gasteiger partial charge in [0.2, 0.25) is 5.91 Å². The number of aliphatic hydroxyl groups excluding tert-OH is 2. The fraction of sp³-hybridized carbons (Fsp3) is 0.588. The van der Waals surface area contributed by atoms with Crippen LogP contribution in [-0.2, 0) is 4.79 Å². The van der Waals surface area contributed by atoms with E-state index in [-0.39, 0.29) is 30.9 Å². The summed E-state index contributed by atoms with van der Waals surface area (Å²) in [5.41, 5.74) is 0.686. The Morgan fingerprint density at radius 2 is 1.95 bits per heavy atom. The molecule has 2 bridgehead atoms. The third-order valence-electron chi connectivity index (χ3n) is 5.26. The van der Waals surface area contributed by atoms with Crippen molar-refractivity contribution in [2.24, 2.45) is 17.8 Å². The van der Waals surface area contributed by atoms with Gasteiger partial charge < -0.3 is 15.5 Å². The monoisotopic (exact) mass is 323 g/mol. The Hall–Kier alpha value is -1.10. The molecule has 0 radical (unpaired) electrons. The maximum absolute atomic E-state index is 12.2. The van der Waals surface area contributed by atoms with Crippen molar-refractivity contribution in [1.29, 1.82) is 0 Å². The number of aliphatic hydroxyl groups is 2. The number of fused-ring (bicyclic) bond motifs is 2. The van der Waals surface area contributed by atoms with Gasteiger partial charge in [-0.3, -0.25) is 4.79 Å². The number of carbonyl (C=O) groups excluding carboxylic acids is 1. The third-order valence-corrected chi connectivity index (χ3v) is 5.51. The highest BCUT2D eigenvalue weighted by molar-refractivity contribution is 6.30. The van der Waals surface area contributed by atoms with E-state index in [1.807, 2.05) is 0 Å². The number of nitrogens with one attached hydrogen (secondary N) is 1. The van der Waals surface area contributed by atoms with E-state index in [1.54, 1.807) is 24.3 Å². The van der Waals surface area contributed by atoms with E-state index in [0.29, 0.717) is 22.4 Å². The fourth-order valence-corrected chi connectivity index (χ4v) is 4.25. The quantitative estimate of drug-likeness (QED) is 0.778. The molecule has 2 aliphatic rings. The largest absolute Gasteiger partial charge is 0.396 e. The normalized spacial score (nSPS) is 31.2. The Balaban J connectivity index is 1.57. The van der Waals surface area contributed by atoms with Gasteiger partial charge in [-0.05, 0) is 48.8 Å². The molecule has 1 amide bonds. The molecule has 3 N–H and O–H groups in total. The van der Waals surface area contributed by atoms with Crippen LogP contribution in [0, 0.1) is 17.8 Å². The molecule has 0 aromatic heterocycles. The van der Waals surface area contributed by atoms with Crippen LogP contribution in [0.2, 0.25) is 5.02 Å². The van der Waals surface area contributed by atoms with Crippen LogP contribution in [-0.4, -0.2) is 28.8 Å². The van der Waals surface area contributed by atoms with Crippen LogP contribution < -0.4 is 5.32 Å². The molecule has 2 fully saturated rings.